The molecule has 2 aromatic rings. The Balaban J connectivity index is 1.67. The van der Waals surface area contributed by atoms with Crippen molar-refractivity contribution in [1.29, 1.82) is 0 Å². The number of rotatable bonds is 6. The quantitative estimate of drug-likeness (QED) is 0.740. The summed E-state index contributed by atoms with van der Waals surface area (Å²) in [5, 5.41) is -0.779. The second-order valence-electron chi connectivity index (χ2n) is 6.04. The Bertz CT molecular complexity index is 980. The van der Waals surface area contributed by atoms with E-state index in [0.717, 1.165) is 4.31 Å². The zero-order valence-corrected chi connectivity index (χ0v) is 15.6. The fraction of sp³-hybridized carbons (Fsp3) is 0.294. The van der Waals surface area contributed by atoms with Crippen LogP contribution in [0.25, 0.3) is 0 Å². The lowest BCUT2D eigenvalue weighted by molar-refractivity contribution is 0.309. The summed E-state index contributed by atoms with van der Waals surface area (Å²) < 4.78 is 69.0. The normalized spacial score (nSPS) is 16.2. The molecule has 2 aromatic carbocycles. The predicted molar refractivity (Wildman–Crippen MR) is 94.6 cm³/mol. The minimum absolute atomic E-state index is 0.0854. The molecule has 0 aromatic heterocycles. The van der Waals surface area contributed by atoms with Crippen molar-refractivity contribution in [3.63, 3.8) is 0 Å². The summed E-state index contributed by atoms with van der Waals surface area (Å²) in [5.41, 5.74) is 0.452. The minimum atomic E-state index is -3.65. The molecule has 0 aliphatic carbocycles. The van der Waals surface area contributed by atoms with Gasteiger partial charge in [0.05, 0.1) is 23.0 Å². The summed E-state index contributed by atoms with van der Waals surface area (Å²) in [7, 11) is -5.77. The topological polar surface area (TPSA) is 80.8 Å². The van der Waals surface area contributed by atoms with Crippen molar-refractivity contribution in [2.75, 3.05) is 20.2 Å². The van der Waals surface area contributed by atoms with Gasteiger partial charge in [0.15, 0.2) is 9.84 Å². The highest BCUT2D eigenvalue weighted by atomic mass is 32.2. The summed E-state index contributed by atoms with van der Waals surface area (Å²) in [4.78, 5) is 0.138. The average molecular weight is 399 g/mol. The van der Waals surface area contributed by atoms with Crippen LogP contribution in [0.4, 0.5) is 4.39 Å². The Morgan fingerprint density at radius 3 is 2.12 bits per heavy atom. The van der Waals surface area contributed by atoms with E-state index < -0.39 is 30.9 Å². The molecule has 1 saturated heterocycles. The lowest BCUT2D eigenvalue weighted by Crippen LogP contribution is -2.56. The number of sulfonamides is 1. The predicted octanol–water partition coefficient (Wildman–Crippen LogP) is 1.82. The third kappa shape index (κ3) is 3.74. The first kappa shape index (κ1) is 18.8. The maximum absolute atomic E-state index is 12.9. The number of sulfone groups is 1. The summed E-state index contributed by atoms with van der Waals surface area (Å²) in [6, 6.07) is 11.2. The van der Waals surface area contributed by atoms with Gasteiger partial charge in [-0.05, 0) is 42.0 Å². The van der Waals surface area contributed by atoms with Gasteiger partial charge in [-0.2, -0.15) is 4.31 Å². The van der Waals surface area contributed by atoms with Gasteiger partial charge in [0.2, 0.25) is 10.0 Å². The van der Waals surface area contributed by atoms with Crippen molar-refractivity contribution in [3.8, 4) is 5.75 Å². The Labute approximate surface area is 152 Å². The number of methoxy groups -OCH3 is 1. The highest BCUT2D eigenvalue weighted by molar-refractivity contribution is 7.92. The van der Waals surface area contributed by atoms with Gasteiger partial charge >= 0.3 is 0 Å². The maximum atomic E-state index is 12.9. The summed E-state index contributed by atoms with van der Waals surface area (Å²) in [6.07, 6.45) is 0. The van der Waals surface area contributed by atoms with Crippen molar-refractivity contribution >= 4 is 19.9 Å². The Hall–Kier alpha value is -1.97. The van der Waals surface area contributed by atoms with Gasteiger partial charge in [-0.25, -0.2) is 21.2 Å². The van der Waals surface area contributed by atoms with E-state index >= 15 is 0 Å². The summed E-state index contributed by atoms with van der Waals surface area (Å²) >= 11 is 0. The number of halogens is 1. The van der Waals surface area contributed by atoms with Crippen LogP contribution >= 0.6 is 0 Å². The molecule has 0 saturated carbocycles. The molecule has 1 fully saturated rings. The molecule has 0 bridgehead atoms. The van der Waals surface area contributed by atoms with Crippen molar-refractivity contribution in [2.24, 2.45) is 0 Å². The Morgan fingerprint density at radius 1 is 1.00 bits per heavy atom. The lowest BCUT2D eigenvalue weighted by Gasteiger charge is -2.37. The van der Waals surface area contributed by atoms with Gasteiger partial charge in [0.25, 0.3) is 0 Å². The van der Waals surface area contributed by atoms with Gasteiger partial charge in [0, 0.05) is 13.1 Å². The van der Waals surface area contributed by atoms with Crippen molar-refractivity contribution in [3.05, 3.63) is 59.9 Å². The van der Waals surface area contributed by atoms with Gasteiger partial charge in [-0.1, -0.05) is 12.1 Å². The van der Waals surface area contributed by atoms with Crippen LogP contribution in [0.3, 0.4) is 0 Å². The Morgan fingerprint density at radius 2 is 1.58 bits per heavy atom. The zero-order valence-electron chi connectivity index (χ0n) is 14.0. The van der Waals surface area contributed by atoms with Crippen LogP contribution in [0.15, 0.2) is 53.4 Å². The van der Waals surface area contributed by atoms with E-state index in [0.29, 0.717) is 11.3 Å². The molecule has 0 unspecified atom stereocenters. The molecule has 0 spiro atoms. The molecule has 1 aliphatic heterocycles. The second kappa shape index (κ2) is 6.98. The van der Waals surface area contributed by atoms with E-state index in [1.54, 1.807) is 12.1 Å². The van der Waals surface area contributed by atoms with E-state index in [2.05, 4.69) is 0 Å². The number of hydrogen-bond acceptors (Lipinski definition) is 5. The SMILES string of the molecule is COc1ccc(S(=O)(=O)C2CN(S(=O)(=O)Cc3ccc(F)cc3)C2)cc1. The first-order valence-electron chi connectivity index (χ1n) is 7.82. The third-order valence-electron chi connectivity index (χ3n) is 4.30. The molecule has 3 rings (SSSR count). The molecule has 9 heteroatoms. The molecule has 0 N–H and O–H groups in total. The molecular weight excluding hydrogens is 381 g/mol. The van der Waals surface area contributed by atoms with Crippen LogP contribution < -0.4 is 4.74 Å². The number of nitrogens with zero attached hydrogens (tertiary/aromatic N) is 1. The first-order chi connectivity index (χ1) is 12.2. The van der Waals surface area contributed by atoms with Crippen LogP contribution in [0.2, 0.25) is 0 Å². The van der Waals surface area contributed by atoms with Gasteiger partial charge in [-0.3, -0.25) is 0 Å². The minimum Gasteiger partial charge on any atom is -0.497 e. The average Bonchev–Trinajstić information content (AvgIpc) is 2.55. The van der Waals surface area contributed by atoms with Gasteiger partial charge < -0.3 is 4.74 Å². The van der Waals surface area contributed by atoms with E-state index in [-0.39, 0.29) is 23.7 Å². The third-order valence-corrected chi connectivity index (χ3v) is 8.19. The van der Waals surface area contributed by atoms with E-state index in [9.17, 15) is 21.2 Å². The van der Waals surface area contributed by atoms with Crippen LogP contribution in [0.5, 0.6) is 5.75 Å². The zero-order chi connectivity index (χ0) is 18.9. The Kier molecular flexibility index (Phi) is 5.05. The van der Waals surface area contributed by atoms with E-state index in [1.165, 1.54) is 43.5 Å². The molecule has 0 radical (unpaired) electrons. The molecule has 140 valence electrons. The number of benzene rings is 2. The molecule has 0 amide bonds. The van der Waals surface area contributed by atoms with Crippen molar-refractivity contribution in [2.45, 2.75) is 15.9 Å². The monoisotopic (exact) mass is 399 g/mol. The fourth-order valence-corrected chi connectivity index (χ4v) is 6.12. The molecule has 26 heavy (non-hydrogen) atoms. The van der Waals surface area contributed by atoms with Crippen LogP contribution in [0.1, 0.15) is 5.56 Å². The van der Waals surface area contributed by atoms with Crippen molar-refractivity contribution < 1.29 is 26.0 Å². The van der Waals surface area contributed by atoms with E-state index in [4.69, 9.17) is 4.74 Å². The largest absolute Gasteiger partial charge is 0.497 e. The molecule has 1 aliphatic rings. The number of hydrogen-bond donors (Lipinski definition) is 0. The molecular formula is C17H18FNO5S2. The first-order valence-corrected chi connectivity index (χ1v) is 11.0. The van der Waals surface area contributed by atoms with Crippen LogP contribution in [-0.4, -0.2) is 46.6 Å². The number of ether oxygens (including phenoxy) is 1. The summed E-state index contributed by atoms with van der Waals surface area (Å²) in [6.45, 7) is -0.171. The molecule has 0 atom stereocenters. The highest BCUT2D eigenvalue weighted by Gasteiger charge is 2.43. The summed E-state index contributed by atoms with van der Waals surface area (Å²) in [5.74, 6) is -0.190. The van der Waals surface area contributed by atoms with Gasteiger partial charge in [-0.15, -0.1) is 0 Å². The maximum Gasteiger partial charge on any atom is 0.218 e. The second-order valence-corrected chi connectivity index (χ2v) is 10.2. The highest BCUT2D eigenvalue weighted by Crippen LogP contribution is 2.28. The smallest absolute Gasteiger partial charge is 0.218 e. The molecule has 6 nitrogen and oxygen atoms in total. The van der Waals surface area contributed by atoms with Gasteiger partial charge in [0.1, 0.15) is 11.6 Å². The molecule has 1 heterocycles. The fourth-order valence-electron chi connectivity index (χ4n) is 2.66. The van der Waals surface area contributed by atoms with Crippen LogP contribution in [0, 0.1) is 5.82 Å². The van der Waals surface area contributed by atoms with Crippen molar-refractivity contribution in [1.82, 2.24) is 4.31 Å². The standard InChI is InChI=1S/C17H18FNO5S2/c1-24-15-6-8-16(9-7-15)26(22,23)17-10-19(11-17)25(20,21)12-13-2-4-14(18)5-3-13/h2-9,17H,10-12H2,1H3. The van der Waals surface area contributed by atoms with Crippen LogP contribution in [-0.2, 0) is 25.6 Å². The van der Waals surface area contributed by atoms with E-state index in [1.807, 2.05) is 0 Å². The lowest BCUT2D eigenvalue weighted by atomic mass is 10.2.